The lowest BCUT2D eigenvalue weighted by Crippen LogP contribution is -2.36. The first kappa shape index (κ1) is 11.5. The van der Waals surface area contributed by atoms with Crippen LogP contribution in [0.3, 0.4) is 0 Å². The van der Waals surface area contributed by atoms with Crippen LogP contribution in [0, 0.1) is 0 Å². The second kappa shape index (κ2) is 3.82. The van der Waals surface area contributed by atoms with Gasteiger partial charge in [-0.05, 0) is 41.7 Å². The van der Waals surface area contributed by atoms with Crippen LogP contribution in [0.25, 0.3) is 0 Å². The van der Waals surface area contributed by atoms with Crippen molar-refractivity contribution in [2.45, 2.75) is 24.7 Å². The molecule has 1 atom stereocenters. The summed E-state index contributed by atoms with van der Waals surface area (Å²) in [6, 6.07) is 7.28. The highest BCUT2D eigenvalue weighted by atomic mass is 16.3. The van der Waals surface area contributed by atoms with Crippen molar-refractivity contribution in [3.63, 3.8) is 0 Å². The molecule has 1 aromatic heterocycles. The first-order valence-electron chi connectivity index (χ1n) is 6.76. The van der Waals surface area contributed by atoms with E-state index >= 15 is 0 Å². The van der Waals surface area contributed by atoms with Crippen LogP contribution in [-0.4, -0.2) is 16.0 Å². The lowest BCUT2D eigenvalue weighted by Gasteiger charge is -2.36. The van der Waals surface area contributed by atoms with Gasteiger partial charge in [0.05, 0.1) is 0 Å². The van der Waals surface area contributed by atoms with Crippen LogP contribution in [0.15, 0.2) is 36.7 Å². The first-order valence-corrected chi connectivity index (χ1v) is 6.76. The van der Waals surface area contributed by atoms with Gasteiger partial charge in [-0.25, -0.2) is 0 Å². The van der Waals surface area contributed by atoms with Crippen LogP contribution in [-0.2, 0) is 16.6 Å². The minimum Gasteiger partial charge on any atom is -0.508 e. The van der Waals surface area contributed by atoms with E-state index in [1.54, 1.807) is 18.3 Å². The number of aromatic hydroxyl groups is 1. The lowest BCUT2D eigenvalue weighted by atomic mass is 9.71. The Morgan fingerprint density at radius 3 is 3.05 bits per heavy atom. The maximum Gasteiger partial charge on any atom is 0.225 e. The van der Waals surface area contributed by atoms with Gasteiger partial charge in [-0.1, -0.05) is 6.07 Å². The Kier molecular flexibility index (Phi) is 2.19. The zero-order valence-electron chi connectivity index (χ0n) is 10.9. The quantitative estimate of drug-likeness (QED) is 0.769. The Balaban J connectivity index is 1.99. The molecule has 1 amide bonds. The minimum absolute atomic E-state index is 0.000182. The molecule has 0 radical (unpaired) electrons. The van der Waals surface area contributed by atoms with Gasteiger partial charge >= 0.3 is 0 Å². The molecule has 4 nitrogen and oxygen atoms in total. The van der Waals surface area contributed by atoms with Crippen molar-refractivity contribution in [2.24, 2.45) is 0 Å². The van der Waals surface area contributed by atoms with E-state index in [1.165, 1.54) is 5.56 Å². The van der Waals surface area contributed by atoms with Crippen molar-refractivity contribution in [3.05, 3.63) is 53.3 Å². The molecule has 0 saturated carbocycles. The van der Waals surface area contributed by atoms with Gasteiger partial charge < -0.3 is 10.4 Å². The average Bonchev–Trinajstić information content (AvgIpc) is 2.78. The molecular weight excluding hydrogens is 252 g/mol. The normalized spacial score (nSPS) is 23.3. The number of nitrogens with zero attached hydrogens (tertiary/aromatic N) is 1. The van der Waals surface area contributed by atoms with Crippen LogP contribution in [0.2, 0.25) is 0 Å². The van der Waals surface area contributed by atoms with Gasteiger partial charge in [0.1, 0.15) is 5.75 Å². The number of anilines is 1. The second-order valence-corrected chi connectivity index (χ2v) is 5.57. The first-order chi connectivity index (χ1) is 9.69. The summed E-state index contributed by atoms with van der Waals surface area (Å²) in [5.74, 6) is 0.172. The van der Waals surface area contributed by atoms with Crippen LogP contribution >= 0.6 is 0 Å². The Hall–Kier alpha value is -2.36. The fourth-order valence-corrected chi connectivity index (χ4v) is 3.63. The third-order valence-electron chi connectivity index (χ3n) is 4.50. The fourth-order valence-electron chi connectivity index (χ4n) is 3.63. The molecule has 0 fully saturated rings. The van der Waals surface area contributed by atoms with Gasteiger partial charge in [0.25, 0.3) is 0 Å². The summed E-state index contributed by atoms with van der Waals surface area (Å²) in [6.07, 6.45) is 6.02. The van der Waals surface area contributed by atoms with Crippen LogP contribution in [0.4, 0.5) is 5.69 Å². The molecule has 2 heterocycles. The SMILES string of the molecule is O=C1CC2(CCc3ccncc32)c2ccc(O)cc2N1. The monoisotopic (exact) mass is 266 g/mol. The van der Waals surface area contributed by atoms with Gasteiger partial charge in [-0.2, -0.15) is 0 Å². The number of carbonyl (C=O) groups is 1. The average molecular weight is 266 g/mol. The summed E-state index contributed by atoms with van der Waals surface area (Å²) in [7, 11) is 0. The van der Waals surface area contributed by atoms with E-state index in [4.69, 9.17) is 0 Å². The van der Waals surface area contributed by atoms with Gasteiger partial charge in [0.15, 0.2) is 0 Å². The number of pyridine rings is 1. The highest BCUT2D eigenvalue weighted by Crippen LogP contribution is 2.51. The van der Waals surface area contributed by atoms with E-state index in [0.29, 0.717) is 6.42 Å². The summed E-state index contributed by atoms with van der Waals surface area (Å²) in [5, 5.41) is 12.5. The van der Waals surface area contributed by atoms with Gasteiger partial charge in [-0.3, -0.25) is 9.78 Å². The van der Waals surface area contributed by atoms with Gasteiger partial charge in [0, 0.05) is 36.0 Å². The number of aromatic nitrogens is 1. The van der Waals surface area contributed by atoms with Crippen molar-refractivity contribution in [3.8, 4) is 5.75 Å². The number of nitrogens with one attached hydrogen (secondary N) is 1. The Bertz CT molecular complexity index is 726. The number of carbonyl (C=O) groups excluding carboxylic acids is 1. The predicted octanol–water partition coefficient (Wildman–Crippen LogP) is 2.36. The molecule has 1 aromatic carbocycles. The molecule has 1 spiro atoms. The number of rotatable bonds is 0. The van der Waals surface area contributed by atoms with Crippen molar-refractivity contribution in [1.82, 2.24) is 4.98 Å². The number of benzene rings is 1. The maximum absolute atomic E-state index is 12.1. The molecule has 2 N–H and O–H groups in total. The predicted molar refractivity (Wildman–Crippen MR) is 74.7 cm³/mol. The molecule has 4 rings (SSSR count). The Morgan fingerprint density at radius 2 is 2.15 bits per heavy atom. The van der Waals surface area contributed by atoms with Gasteiger partial charge in [0.2, 0.25) is 5.91 Å². The third-order valence-corrected chi connectivity index (χ3v) is 4.50. The number of amides is 1. The van der Waals surface area contributed by atoms with E-state index < -0.39 is 0 Å². The van der Waals surface area contributed by atoms with Crippen molar-refractivity contribution < 1.29 is 9.90 Å². The summed E-state index contributed by atoms with van der Waals surface area (Å²) >= 11 is 0. The standard InChI is InChI=1S/C16H14N2O2/c19-11-1-2-12-14(7-11)18-15(20)8-16(12)5-3-10-4-6-17-9-13(10)16/h1-2,4,6-7,9,19H,3,5,8H2,(H,18,20). The molecule has 2 aromatic rings. The molecule has 0 bridgehead atoms. The summed E-state index contributed by atoms with van der Waals surface area (Å²) < 4.78 is 0. The number of phenolic OH excluding ortho intramolecular Hbond substituents is 1. The van der Waals surface area contributed by atoms with Crippen molar-refractivity contribution in [2.75, 3.05) is 5.32 Å². The molecule has 100 valence electrons. The Morgan fingerprint density at radius 1 is 1.25 bits per heavy atom. The van der Waals surface area contributed by atoms with Gasteiger partial charge in [-0.15, -0.1) is 0 Å². The number of hydrogen-bond acceptors (Lipinski definition) is 3. The topological polar surface area (TPSA) is 62.2 Å². The molecule has 2 aliphatic rings. The van der Waals surface area contributed by atoms with Crippen LogP contribution in [0.5, 0.6) is 5.75 Å². The second-order valence-electron chi connectivity index (χ2n) is 5.57. The number of phenols is 1. The van der Waals surface area contributed by atoms with E-state index in [0.717, 1.165) is 29.7 Å². The molecule has 20 heavy (non-hydrogen) atoms. The highest BCUT2D eigenvalue weighted by Gasteiger charge is 2.45. The zero-order valence-corrected chi connectivity index (χ0v) is 10.9. The molecule has 1 unspecified atom stereocenters. The smallest absolute Gasteiger partial charge is 0.225 e. The summed E-state index contributed by atoms with van der Waals surface area (Å²) in [4.78, 5) is 16.3. The molecule has 1 aliphatic carbocycles. The van der Waals surface area contributed by atoms with Crippen LogP contribution < -0.4 is 5.32 Å². The van der Waals surface area contributed by atoms with E-state index in [2.05, 4.69) is 10.3 Å². The highest BCUT2D eigenvalue weighted by molar-refractivity contribution is 5.97. The minimum atomic E-state index is -0.283. The maximum atomic E-state index is 12.1. The van der Waals surface area contributed by atoms with E-state index in [1.807, 2.05) is 18.3 Å². The molecule has 1 aliphatic heterocycles. The van der Waals surface area contributed by atoms with Crippen molar-refractivity contribution in [1.29, 1.82) is 0 Å². The molecular formula is C16H14N2O2. The summed E-state index contributed by atoms with van der Waals surface area (Å²) in [5.41, 5.74) is 3.95. The lowest BCUT2D eigenvalue weighted by molar-refractivity contribution is -0.117. The Labute approximate surface area is 116 Å². The van der Waals surface area contributed by atoms with E-state index in [9.17, 15) is 9.90 Å². The van der Waals surface area contributed by atoms with Crippen LogP contribution in [0.1, 0.15) is 29.5 Å². The molecule has 4 heteroatoms. The number of aryl methyl sites for hydroxylation is 1. The van der Waals surface area contributed by atoms with Crippen molar-refractivity contribution >= 4 is 11.6 Å². The number of hydrogen-bond donors (Lipinski definition) is 2. The fraction of sp³-hybridized carbons (Fsp3) is 0.250. The third kappa shape index (κ3) is 1.42. The largest absolute Gasteiger partial charge is 0.508 e. The summed E-state index contributed by atoms with van der Waals surface area (Å²) in [6.45, 7) is 0. The number of fused-ring (bicyclic) bond motifs is 4. The zero-order chi connectivity index (χ0) is 13.7. The molecule has 0 saturated heterocycles. The van der Waals surface area contributed by atoms with E-state index in [-0.39, 0.29) is 17.1 Å².